The van der Waals surface area contributed by atoms with E-state index in [0.29, 0.717) is 24.5 Å². The van der Waals surface area contributed by atoms with E-state index in [1.807, 2.05) is 0 Å². The van der Waals surface area contributed by atoms with Crippen molar-refractivity contribution in [3.05, 3.63) is 59.2 Å². The smallest absolute Gasteiger partial charge is 0.417 e. The molecule has 180 valence electrons. The van der Waals surface area contributed by atoms with Crippen LogP contribution in [-0.2, 0) is 22.2 Å². The van der Waals surface area contributed by atoms with Gasteiger partial charge in [0, 0.05) is 12.1 Å². The van der Waals surface area contributed by atoms with Crippen molar-refractivity contribution < 1.29 is 37.7 Å². The van der Waals surface area contributed by atoms with E-state index in [1.54, 1.807) is 12.1 Å². The van der Waals surface area contributed by atoms with Crippen LogP contribution in [0.15, 0.2) is 42.5 Å². The summed E-state index contributed by atoms with van der Waals surface area (Å²) in [6.07, 6.45) is -2.19. The molecular formula is C24H23F3N2O5. The van der Waals surface area contributed by atoms with Gasteiger partial charge in [-0.15, -0.1) is 0 Å². The Hall–Kier alpha value is -3.58. The maximum Gasteiger partial charge on any atom is 0.417 e. The fourth-order valence-corrected chi connectivity index (χ4v) is 4.21. The Morgan fingerprint density at radius 2 is 1.85 bits per heavy atom. The average Bonchev–Trinajstić information content (AvgIpc) is 3.33. The molecule has 0 radical (unpaired) electrons. The molecule has 1 amide bonds. The molecule has 0 saturated heterocycles. The Kier molecular flexibility index (Phi) is 7.47. The van der Waals surface area contributed by atoms with Gasteiger partial charge in [-0.1, -0.05) is 25.0 Å². The summed E-state index contributed by atoms with van der Waals surface area (Å²) in [5.41, 5.74) is -3.36. The number of halogens is 3. The lowest BCUT2D eigenvalue weighted by atomic mass is 9.80. The molecule has 0 heterocycles. The number of nitrogens with one attached hydrogen (secondary N) is 1. The summed E-state index contributed by atoms with van der Waals surface area (Å²) in [6, 6.07) is 10.6. The Balaban J connectivity index is 1.88. The zero-order valence-electron chi connectivity index (χ0n) is 18.1. The topological polar surface area (TPSA) is 120 Å². The molecule has 1 aliphatic carbocycles. The number of hydrogen-bond donors (Lipinski definition) is 3. The number of nitriles is 1. The number of carboxylic acids is 1. The van der Waals surface area contributed by atoms with Crippen LogP contribution in [0.25, 0.3) is 0 Å². The Bertz CT molecular complexity index is 1110. The zero-order valence-corrected chi connectivity index (χ0v) is 18.1. The molecule has 3 N–H and O–H groups in total. The standard InChI is InChI=1S/C24H23F3N2O5/c25-24(26,27)20-11-18(9-8-16(20)13-28)29-22(32)23(33,17-5-1-2-6-17)12-15-4-3-7-19(10-15)34-14-21(30)31/h3-4,7-11,17,33H,1-2,5-6,12,14H2,(H,29,32)(H,30,31). The number of carbonyl (C=O) groups excluding carboxylic acids is 1. The molecule has 34 heavy (non-hydrogen) atoms. The normalized spacial score (nSPS) is 15.9. The first kappa shape index (κ1) is 25.1. The van der Waals surface area contributed by atoms with Crippen LogP contribution in [0.4, 0.5) is 18.9 Å². The van der Waals surface area contributed by atoms with E-state index < -0.39 is 47.3 Å². The van der Waals surface area contributed by atoms with E-state index in [-0.39, 0.29) is 17.9 Å². The van der Waals surface area contributed by atoms with Gasteiger partial charge < -0.3 is 20.3 Å². The van der Waals surface area contributed by atoms with Crippen molar-refractivity contribution in [2.45, 2.75) is 43.9 Å². The van der Waals surface area contributed by atoms with Gasteiger partial charge in [-0.05, 0) is 54.7 Å². The molecule has 0 aliphatic heterocycles. The molecule has 2 aromatic carbocycles. The molecule has 1 aliphatic rings. The molecule has 10 heteroatoms. The summed E-state index contributed by atoms with van der Waals surface area (Å²) >= 11 is 0. The minimum Gasteiger partial charge on any atom is -0.482 e. The molecule has 3 rings (SSSR count). The molecule has 0 bridgehead atoms. The summed E-state index contributed by atoms with van der Waals surface area (Å²) in [7, 11) is 0. The van der Waals surface area contributed by atoms with Crippen LogP contribution in [0.2, 0.25) is 0 Å². The maximum absolute atomic E-state index is 13.3. The molecule has 1 fully saturated rings. The minimum atomic E-state index is -4.79. The number of rotatable bonds is 8. The number of carbonyl (C=O) groups is 2. The highest BCUT2D eigenvalue weighted by atomic mass is 19.4. The van der Waals surface area contributed by atoms with Crippen LogP contribution in [0, 0.1) is 17.2 Å². The summed E-state index contributed by atoms with van der Waals surface area (Å²) in [5, 5.41) is 31.6. The number of nitrogens with zero attached hydrogens (tertiary/aromatic N) is 1. The molecule has 2 aromatic rings. The van der Waals surface area contributed by atoms with Gasteiger partial charge in [0.25, 0.3) is 5.91 Å². The van der Waals surface area contributed by atoms with Gasteiger partial charge in [-0.2, -0.15) is 18.4 Å². The molecular weight excluding hydrogens is 453 g/mol. The van der Waals surface area contributed by atoms with Crippen molar-refractivity contribution in [1.29, 1.82) is 5.26 Å². The van der Waals surface area contributed by atoms with Crippen LogP contribution in [-0.4, -0.2) is 34.3 Å². The molecule has 1 saturated carbocycles. The lowest BCUT2D eigenvalue weighted by Crippen LogP contribution is -2.50. The first-order chi connectivity index (χ1) is 16.0. The van der Waals surface area contributed by atoms with Crippen molar-refractivity contribution in [3.63, 3.8) is 0 Å². The number of aliphatic carboxylic acids is 1. The summed E-state index contributed by atoms with van der Waals surface area (Å²) in [6.45, 7) is -0.558. The number of benzene rings is 2. The lowest BCUT2D eigenvalue weighted by Gasteiger charge is -2.33. The predicted octanol–water partition coefficient (Wildman–Crippen LogP) is 4.14. The van der Waals surface area contributed by atoms with E-state index >= 15 is 0 Å². The molecule has 1 atom stereocenters. The molecule has 1 unspecified atom stereocenters. The summed E-state index contributed by atoms with van der Waals surface area (Å²) in [5.74, 6) is -2.19. The fourth-order valence-electron chi connectivity index (χ4n) is 4.21. The van der Waals surface area contributed by atoms with E-state index in [2.05, 4.69) is 5.32 Å². The summed E-state index contributed by atoms with van der Waals surface area (Å²) in [4.78, 5) is 24.0. The minimum absolute atomic E-state index is 0.143. The number of hydrogen-bond acceptors (Lipinski definition) is 5. The number of aliphatic hydroxyl groups is 1. The van der Waals surface area contributed by atoms with Gasteiger partial charge in [0.2, 0.25) is 0 Å². The van der Waals surface area contributed by atoms with Gasteiger partial charge in [-0.25, -0.2) is 4.79 Å². The van der Waals surface area contributed by atoms with Gasteiger partial charge in [-0.3, -0.25) is 4.79 Å². The van der Waals surface area contributed by atoms with Crippen molar-refractivity contribution >= 4 is 17.6 Å². The number of ether oxygens (including phenoxy) is 1. The number of carboxylic acid groups (broad SMARTS) is 1. The van der Waals surface area contributed by atoms with Gasteiger partial charge in [0.1, 0.15) is 11.4 Å². The fraction of sp³-hybridized carbons (Fsp3) is 0.375. The third-order valence-corrected chi connectivity index (χ3v) is 5.86. The van der Waals surface area contributed by atoms with Gasteiger partial charge in [0.05, 0.1) is 17.2 Å². The zero-order chi connectivity index (χ0) is 24.9. The van der Waals surface area contributed by atoms with Crippen LogP contribution in [0.5, 0.6) is 5.75 Å². The third-order valence-electron chi connectivity index (χ3n) is 5.86. The van der Waals surface area contributed by atoms with Crippen molar-refractivity contribution in [2.24, 2.45) is 5.92 Å². The summed E-state index contributed by atoms with van der Waals surface area (Å²) < 4.78 is 45.1. The Morgan fingerprint density at radius 1 is 1.15 bits per heavy atom. The number of anilines is 1. The van der Waals surface area contributed by atoms with Crippen molar-refractivity contribution in [2.75, 3.05) is 11.9 Å². The van der Waals surface area contributed by atoms with E-state index in [1.165, 1.54) is 24.3 Å². The van der Waals surface area contributed by atoms with Crippen molar-refractivity contribution in [3.8, 4) is 11.8 Å². The van der Waals surface area contributed by atoms with Crippen LogP contribution < -0.4 is 10.1 Å². The highest BCUT2D eigenvalue weighted by molar-refractivity contribution is 5.97. The Labute approximate surface area is 193 Å². The second kappa shape index (κ2) is 10.1. The lowest BCUT2D eigenvalue weighted by molar-refractivity contribution is -0.140. The second-order valence-corrected chi connectivity index (χ2v) is 8.24. The number of amides is 1. The largest absolute Gasteiger partial charge is 0.482 e. The molecule has 0 aromatic heterocycles. The average molecular weight is 476 g/mol. The monoisotopic (exact) mass is 476 g/mol. The highest BCUT2D eigenvalue weighted by Crippen LogP contribution is 2.38. The van der Waals surface area contributed by atoms with E-state index in [0.717, 1.165) is 18.9 Å². The predicted molar refractivity (Wildman–Crippen MR) is 115 cm³/mol. The number of alkyl halides is 3. The van der Waals surface area contributed by atoms with Gasteiger partial charge >= 0.3 is 12.1 Å². The van der Waals surface area contributed by atoms with Gasteiger partial charge in [0.15, 0.2) is 6.61 Å². The van der Waals surface area contributed by atoms with Crippen LogP contribution in [0.1, 0.15) is 42.4 Å². The van der Waals surface area contributed by atoms with E-state index in [4.69, 9.17) is 15.1 Å². The maximum atomic E-state index is 13.3. The third kappa shape index (κ3) is 5.85. The van der Waals surface area contributed by atoms with E-state index in [9.17, 15) is 27.9 Å². The quantitative estimate of drug-likeness (QED) is 0.527. The molecule has 7 nitrogen and oxygen atoms in total. The second-order valence-electron chi connectivity index (χ2n) is 8.24. The first-order valence-electron chi connectivity index (χ1n) is 10.6. The molecule has 0 spiro atoms. The SMILES string of the molecule is N#Cc1ccc(NC(=O)C(O)(Cc2cccc(OCC(=O)O)c2)C2CCCC2)cc1C(F)(F)F. The Morgan fingerprint density at radius 3 is 2.47 bits per heavy atom. The van der Waals surface area contributed by atoms with Crippen LogP contribution >= 0.6 is 0 Å². The van der Waals surface area contributed by atoms with Crippen molar-refractivity contribution in [1.82, 2.24) is 0 Å². The highest BCUT2D eigenvalue weighted by Gasteiger charge is 2.45. The van der Waals surface area contributed by atoms with Crippen LogP contribution in [0.3, 0.4) is 0 Å². The first-order valence-corrected chi connectivity index (χ1v) is 10.6.